The Balaban J connectivity index is 1.36. The van der Waals surface area contributed by atoms with Crippen molar-refractivity contribution in [2.24, 2.45) is 5.41 Å². The Hall–Kier alpha value is -2.14. The second-order valence-electron chi connectivity index (χ2n) is 7.57. The molecule has 0 unspecified atom stereocenters. The van der Waals surface area contributed by atoms with Crippen LogP contribution in [0.15, 0.2) is 36.5 Å². The number of para-hydroxylation sites is 1. The van der Waals surface area contributed by atoms with Crippen molar-refractivity contribution in [3.63, 3.8) is 0 Å². The fourth-order valence-corrected chi connectivity index (χ4v) is 4.22. The Kier molecular flexibility index (Phi) is 3.49. The van der Waals surface area contributed by atoms with Crippen LogP contribution < -0.4 is 5.32 Å². The Morgan fingerprint density at radius 3 is 2.75 bits per heavy atom. The van der Waals surface area contributed by atoms with Crippen LogP contribution in [0.5, 0.6) is 0 Å². The molecule has 1 saturated carbocycles. The Morgan fingerprint density at radius 2 is 2.08 bits per heavy atom. The first-order valence-electron chi connectivity index (χ1n) is 8.48. The first-order chi connectivity index (χ1) is 11.5. The number of aromatic nitrogens is 2. The molecule has 1 amide bonds. The number of fused-ring (bicyclic) bond motifs is 1. The number of benzene rings is 1. The van der Waals surface area contributed by atoms with Gasteiger partial charge in [-0.2, -0.15) is 5.10 Å². The molecule has 1 aliphatic carbocycles. The van der Waals surface area contributed by atoms with E-state index < -0.39 is 0 Å². The first-order valence-corrected chi connectivity index (χ1v) is 8.48. The van der Waals surface area contributed by atoms with Gasteiger partial charge in [0.05, 0.1) is 23.6 Å². The van der Waals surface area contributed by atoms with Crippen LogP contribution in [-0.2, 0) is 16.1 Å². The van der Waals surface area contributed by atoms with E-state index in [0.29, 0.717) is 13.0 Å². The summed E-state index contributed by atoms with van der Waals surface area (Å²) < 4.78 is 7.62. The number of nitrogens with zero attached hydrogens (tertiary/aromatic N) is 2. The molecule has 1 N–H and O–H groups in total. The molecule has 2 bridgehead atoms. The molecular weight excluding hydrogens is 302 g/mol. The number of hydrogen-bond acceptors (Lipinski definition) is 3. The van der Waals surface area contributed by atoms with Crippen molar-refractivity contribution in [3.8, 4) is 5.69 Å². The van der Waals surface area contributed by atoms with Crippen molar-refractivity contribution in [1.29, 1.82) is 0 Å². The van der Waals surface area contributed by atoms with Crippen LogP contribution in [0.25, 0.3) is 5.69 Å². The number of aryl methyl sites for hydroxylation is 1. The van der Waals surface area contributed by atoms with Gasteiger partial charge < -0.3 is 10.1 Å². The third-order valence-corrected chi connectivity index (χ3v) is 5.26. The van der Waals surface area contributed by atoms with Gasteiger partial charge in [0, 0.05) is 30.1 Å². The molecule has 0 radical (unpaired) electrons. The van der Waals surface area contributed by atoms with Crippen molar-refractivity contribution in [2.45, 2.75) is 45.3 Å². The number of ether oxygens (including phenoxy) is 1. The van der Waals surface area contributed by atoms with Gasteiger partial charge in [-0.25, -0.2) is 4.68 Å². The van der Waals surface area contributed by atoms with Crippen LogP contribution in [0.3, 0.4) is 0 Å². The number of carbonyl (C=O) groups is 1. The van der Waals surface area contributed by atoms with E-state index >= 15 is 0 Å². The highest BCUT2D eigenvalue weighted by molar-refractivity contribution is 5.77. The van der Waals surface area contributed by atoms with Crippen molar-refractivity contribution < 1.29 is 9.53 Å². The smallest absolute Gasteiger partial charge is 0.220 e. The molecule has 2 saturated heterocycles. The number of rotatable bonds is 5. The lowest BCUT2D eigenvalue weighted by molar-refractivity contribution is -0.124. The Bertz CT molecular complexity index is 760. The van der Waals surface area contributed by atoms with Gasteiger partial charge in [0.15, 0.2) is 0 Å². The maximum absolute atomic E-state index is 12.3. The van der Waals surface area contributed by atoms with E-state index in [1.165, 1.54) is 0 Å². The predicted molar refractivity (Wildman–Crippen MR) is 90.8 cm³/mol. The van der Waals surface area contributed by atoms with Crippen LogP contribution in [0.2, 0.25) is 0 Å². The summed E-state index contributed by atoms with van der Waals surface area (Å²) in [7, 11) is 0. The lowest BCUT2D eigenvalue weighted by Gasteiger charge is -2.41. The summed E-state index contributed by atoms with van der Waals surface area (Å²) in [6.45, 7) is 5.35. The fraction of sp³-hybridized carbons (Fsp3) is 0.474. The molecule has 24 heavy (non-hydrogen) atoms. The molecule has 1 aromatic heterocycles. The number of carbonyl (C=O) groups excluding carboxylic acids is 1. The van der Waals surface area contributed by atoms with Gasteiger partial charge in [0.2, 0.25) is 5.91 Å². The number of nitrogens with one attached hydrogen (secondary N) is 1. The van der Waals surface area contributed by atoms with Crippen LogP contribution in [0.4, 0.5) is 0 Å². The van der Waals surface area contributed by atoms with E-state index in [2.05, 4.69) is 17.3 Å². The quantitative estimate of drug-likeness (QED) is 0.919. The number of hydrogen-bond donors (Lipinski definition) is 1. The number of amides is 1. The molecule has 5 rings (SSSR count). The highest BCUT2D eigenvalue weighted by Gasteiger charge is 2.60. The maximum Gasteiger partial charge on any atom is 0.220 e. The van der Waals surface area contributed by atoms with Crippen molar-refractivity contribution >= 4 is 5.91 Å². The van der Waals surface area contributed by atoms with E-state index in [0.717, 1.165) is 36.4 Å². The summed E-state index contributed by atoms with van der Waals surface area (Å²) in [5.41, 5.74) is 3.13. The molecule has 0 spiro atoms. The van der Waals surface area contributed by atoms with E-state index in [1.807, 2.05) is 48.1 Å². The van der Waals surface area contributed by atoms with Crippen LogP contribution in [-0.4, -0.2) is 27.9 Å². The molecular formula is C19H23N3O2. The van der Waals surface area contributed by atoms with Gasteiger partial charge in [0.25, 0.3) is 0 Å². The monoisotopic (exact) mass is 325 g/mol. The second-order valence-corrected chi connectivity index (χ2v) is 7.57. The lowest BCUT2D eigenvalue weighted by Crippen LogP contribution is -2.44. The topological polar surface area (TPSA) is 56.2 Å². The molecule has 3 aliphatic rings. The zero-order chi connectivity index (χ0) is 16.8. The van der Waals surface area contributed by atoms with Crippen LogP contribution in [0.1, 0.15) is 37.4 Å². The van der Waals surface area contributed by atoms with E-state index in [4.69, 9.17) is 4.74 Å². The molecule has 126 valence electrons. The van der Waals surface area contributed by atoms with Gasteiger partial charge in [-0.05, 0) is 38.8 Å². The second kappa shape index (κ2) is 5.45. The fourth-order valence-electron chi connectivity index (χ4n) is 4.22. The van der Waals surface area contributed by atoms with Gasteiger partial charge in [-0.1, -0.05) is 18.2 Å². The Labute approximate surface area is 142 Å². The third kappa shape index (κ3) is 2.73. The Morgan fingerprint density at radius 1 is 1.33 bits per heavy atom. The summed E-state index contributed by atoms with van der Waals surface area (Å²) in [6.07, 6.45) is 4.58. The van der Waals surface area contributed by atoms with E-state index in [1.54, 1.807) is 0 Å². The largest absolute Gasteiger partial charge is 0.375 e. The summed E-state index contributed by atoms with van der Waals surface area (Å²) in [4.78, 5) is 12.3. The minimum atomic E-state index is 0.0354. The molecule has 0 atom stereocenters. The lowest BCUT2D eigenvalue weighted by atomic mass is 9.61. The third-order valence-electron chi connectivity index (χ3n) is 5.26. The molecule has 2 aliphatic heterocycles. The zero-order valence-corrected chi connectivity index (χ0v) is 14.2. The zero-order valence-electron chi connectivity index (χ0n) is 14.2. The SMILES string of the molecule is Cc1nn(-c2ccccc2)cc1CNC(=O)CC12COC(C)(C1)C2. The van der Waals surface area contributed by atoms with Crippen LogP contribution >= 0.6 is 0 Å². The molecule has 5 nitrogen and oxygen atoms in total. The highest BCUT2D eigenvalue weighted by atomic mass is 16.5. The van der Waals surface area contributed by atoms with E-state index in [9.17, 15) is 4.79 Å². The molecule has 3 heterocycles. The van der Waals surface area contributed by atoms with Crippen LogP contribution in [0, 0.1) is 12.3 Å². The predicted octanol–water partition coefficient (Wildman–Crippen LogP) is 2.76. The highest BCUT2D eigenvalue weighted by Crippen LogP contribution is 2.59. The van der Waals surface area contributed by atoms with Gasteiger partial charge in [-0.3, -0.25) is 4.79 Å². The maximum atomic E-state index is 12.3. The van der Waals surface area contributed by atoms with Crippen molar-refractivity contribution in [3.05, 3.63) is 47.8 Å². The standard InChI is InChI=1S/C19H23N3O2/c1-14-15(10-22(21-14)16-6-4-3-5-7-16)9-20-17(23)8-19-11-18(2,12-19)24-13-19/h3-7,10H,8-9,11-13H2,1-2H3,(H,20,23). The molecule has 3 fully saturated rings. The normalized spacial score (nSPS) is 27.8. The van der Waals surface area contributed by atoms with E-state index in [-0.39, 0.29) is 16.9 Å². The average Bonchev–Trinajstić information content (AvgIpc) is 3.16. The van der Waals surface area contributed by atoms with Gasteiger partial charge in [0.1, 0.15) is 0 Å². The van der Waals surface area contributed by atoms with Gasteiger partial charge in [-0.15, -0.1) is 0 Å². The summed E-state index contributed by atoms with van der Waals surface area (Å²) >= 11 is 0. The first kappa shape index (κ1) is 15.4. The summed E-state index contributed by atoms with van der Waals surface area (Å²) in [5.74, 6) is 0.106. The summed E-state index contributed by atoms with van der Waals surface area (Å²) in [6, 6.07) is 9.99. The minimum absolute atomic E-state index is 0.0354. The van der Waals surface area contributed by atoms with Crippen molar-refractivity contribution in [2.75, 3.05) is 6.61 Å². The summed E-state index contributed by atoms with van der Waals surface area (Å²) in [5, 5.41) is 7.58. The van der Waals surface area contributed by atoms with Crippen molar-refractivity contribution in [1.82, 2.24) is 15.1 Å². The molecule has 2 aromatic rings. The molecule has 5 heteroatoms. The average molecular weight is 325 g/mol. The van der Waals surface area contributed by atoms with Gasteiger partial charge >= 0.3 is 0 Å². The molecule has 1 aromatic carbocycles. The minimum Gasteiger partial charge on any atom is -0.375 e.